The maximum Gasteiger partial charge on any atom is 0.239 e. The number of halogens is 1. The van der Waals surface area contributed by atoms with Gasteiger partial charge in [-0.3, -0.25) is 4.79 Å². The lowest BCUT2D eigenvalue weighted by Crippen LogP contribution is -2.51. The average molecular weight is 351 g/mol. The van der Waals surface area contributed by atoms with E-state index in [-0.39, 0.29) is 24.4 Å². The van der Waals surface area contributed by atoms with Crippen molar-refractivity contribution in [2.45, 2.75) is 26.4 Å². The second-order valence-electron chi connectivity index (χ2n) is 5.77. The largest absolute Gasteiger partial charge is 0.378 e. The van der Waals surface area contributed by atoms with Crippen molar-refractivity contribution in [1.29, 1.82) is 0 Å². The van der Waals surface area contributed by atoms with E-state index in [0.29, 0.717) is 26.3 Å². The van der Waals surface area contributed by atoms with Crippen molar-refractivity contribution >= 4 is 18.3 Å². The molecule has 24 heavy (non-hydrogen) atoms. The van der Waals surface area contributed by atoms with Gasteiger partial charge in [0, 0.05) is 18.8 Å². The van der Waals surface area contributed by atoms with E-state index in [1.807, 2.05) is 48.9 Å². The zero-order valence-electron chi connectivity index (χ0n) is 13.9. The highest BCUT2D eigenvalue weighted by Gasteiger charge is 2.21. The molecule has 6 nitrogen and oxygen atoms in total. The van der Waals surface area contributed by atoms with Crippen LogP contribution in [0.1, 0.15) is 17.0 Å². The van der Waals surface area contributed by atoms with Crippen LogP contribution in [0.15, 0.2) is 30.3 Å². The molecule has 1 aliphatic heterocycles. The van der Waals surface area contributed by atoms with Crippen LogP contribution in [-0.2, 0) is 16.1 Å². The Bertz CT molecular complexity index is 696. The van der Waals surface area contributed by atoms with Crippen LogP contribution in [0.3, 0.4) is 0 Å². The average Bonchev–Trinajstić information content (AvgIpc) is 2.92. The third-order valence-corrected chi connectivity index (χ3v) is 3.92. The molecule has 0 bridgehead atoms. The predicted octanol–water partition coefficient (Wildman–Crippen LogP) is 1.52. The van der Waals surface area contributed by atoms with Crippen LogP contribution in [0.25, 0.3) is 5.69 Å². The third kappa shape index (κ3) is 4.14. The van der Waals surface area contributed by atoms with Crippen LogP contribution in [0.4, 0.5) is 0 Å². The van der Waals surface area contributed by atoms with Gasteiger partial charge in [0.05, 0.1) is 24.6 Å². The molecule has 1 aliphatic rings. The number of ether oxygens (including phenoxy) is 1. The first-order valence-electron chi connectivity index (χ1n) is 7.85. The SMILES string of the molecule is Cc1cc(C)n(-c2ccccc2CNC(=O)C2COCCN2)n1.Cl. The molecule has 3 rings (SSSR count). The Morgan fingerprint density at radius 2 is 2.21 bits per heavy atom. The molecule has 1 atom stereocenters. The van der Waals surface area contributed by atoms with Crippen LogP contribution in [0, 0.1) is 13.8 Å². The number of hydrogen-bond acceptors (Lipinski definition) is 4. The Balaban J connectivity index is 0.00000208. The summed E-state index contributed by atoms with van der Waals surface area (Å²) in [6.45, 7) is 6.25. The van der Waals surface area contributed by atoms with Crippen LogP contribution in [0.2, 0.25) is 0 Å². The molecular formula is C17H23ClN4O2. The summed E-state index contributed by atoms with van der Waals surface area (Å²) in [5.74, 6) is -0.0344. The molecule has 130 valence electrons. The highest BCUT2D eigenvalue weighted by Crippen LogP contribution is 2.17. The summed E-state index contributed by atoms with van der Waals surface area (Å²) in [4.78, 5) is 12.2. The Labute approximate surface area is 148 Å². The maximum atomic E-state index is 12.2. The van der Waals surface area contributed by atoms with E-state index < -0.39 is 0 Å². The number of nitrogens with zero attached hydrogens (tertiary/aromatic N) is 2. The van der Waals surface area contributed by atoms with E-state index in [0.717, 1.165) is 22.6 Å². The molecule has 1 aromatic carbocycles. The molecule has 1 saturated heterocycles. The van der Waals surface area contributed by atoms with Gasteiger partial charge in [-0.2, -0.15) is 5.10 Å². The van der Waals surface area contributed by atoms with Gasteiger partial charge >= 0.3 is 0 Å². The minimum Gasteiger partial charge on any atom is -0.378 e. The van der Waals surface area contributed by atoms with Crippen LogP contribution < -0.4 is 10.6 Å². The lowest BCUT2D eigenvalue weighted by atomic mass is 10.1. The number of aryl methyl sites for hydroxylation is 2. The zero-order chi connectivity index (χ0) is 16.2. The summed E-state index contributed by atoms with van der Waals surface area (Å²) in [5.41, 5.74) is 4.07. The fourth-order valence-electron chi connectivity index (χ4n) is 2.78. The molecule has 1 amide bonds. The molecule has 7 heteroatoms. The molecule has 2 aromatic rings. The number of carbonyl (C=O) groups excluding carboxylic acids is 1. The number of benzene rings is 1. The Morgan fingerprint density at radius 1 is 1.42 bits per heavy atom. The van der Waals surface area contributed by atoms with Gasteiger partial charge < -0.3 is 15.4 Å². The first kappa shape index (κ1) is 18.4. The quantitative estimate of drug-likeness (QED) is 0.877. The van der Waals surface area contributed by atoms with Crippen LogP contribution in [0.5, 0.6) is 0 Å². The number of para-hydroxylation sites is 1. The van der Waals surface area contributed by atoms with Crippen LogP contribution >= 0.6 is 12.4 Å². The van der Waals surface area contributed by atoms with Gasteiger partial charge in [0.1, 0.15) is 6.04 Å². The second-order valence-corrected chi connectivity index (χ2v) is 5.77. The molecule has 2 N–H and O–H groups in total. The molecule has 1 fully saturated rings. The molecule has 0 radical (unpaired) electrons. The number of amides is 1. The lowest BCUT2D eigenvalue weighted by Gasteiger charge is -2.23. The van der Waals surface area contributed by atoms with Gasteiger partial charge in [-0.25, -0.2) is 4.68 Å². The summed E-state index contributed by atoms with van der Waals surface area (Å²) in [6.07, 6.45) is 0. The predicted molar refractivity (Wildman–Crippen MR) is 94.7 cm³/mol. The van der Waals surface area contributed by atoms with E-state index in [2.05, 4.69) is 15.7 Å². The van der Waals surface area contributed by atoms with Crippen molar-refractivity contribution in [2.24, 2.45) is 0 Å². The molecule has 0 aliphatic carbocycles. The van der Waals surface area contributed by atoms with Gasteiger partial charge in [0.25, 0.3) is 0 Å². The van der Waals surface area contributed by atoms with Gasteiger partial charge in [0.15, 0.2) is 0 Å². The first-order valence-corrected chi connectivity index (χ1v) is 7.85. The topological polar surface area (TPSA) is 68.2 Å². The van der Waals surface area contributed by atoms with Gasteiger partial charge in [-0.1, -0.05) is 18.2 Å². The number of carbonyl (C=O) groups is 1. The standard InChI is InChI=1S/C17H22N4O2.ClH/c1-12-9-13(2)21(20-12)16-6-4-3-5-14(16)10-19-17(22)15-11-23-8-7-18-15;/h3-6,9,15,18H,7-8,10-11H2,1-2H3,(H,19,22);1H. The monoisotopic (exact) mass is 350 g/mol. The summed E-state index contributed by atoms with van der Waals surface area (Å²) in [7, 11) is 0. The molecular weight excluding hydrogens is 328 g/mol. The molecule has 1 unspecified atom stereocenters. The molecule has 0 spiro atoms. The first-order chi connectivity index (χ1) is 11.1. The lowest BCUT2D eigenvalue weighted by molar-refractivity contribution is -0.126. The summed E-state index contributed by atoms with van der Waals surface area (Å²) in [6, 6.07) is 9.75. The van der Waals surface area contributed by atoms with E-state index in [1.54, 1.807) is 0 Å². The van der Waals surface area contributed by atoms with E-state index in [4.69, 9.17) is 4.74 Å². The fourth-order valence-corrected chi connectivity index (χ4v) is 2.78. The Hall–Kier alpha value is -1.89. The Kier molecular flexibility index (Phi) is 6.36. The smallest absolute Gasteiger partial charge is 0.239 e. The maximum absolute atomic E-state index is 12.2. The van der Waals surface area contributed by atoms with Crippen molar-refractivity contribution in [3.8, 4) is 5.69 Å². The van der Waals surface area contributed by atoms with Gasteiger partial charge in [-0.15, -0.1) is 12.4 Å². The number of morpholine rings is 1. The Morgan fingerprint density at radius 3 is 2.88 bits per heavy atom. The number of hydrogen-bond donors (Lipinski definition) is 2. The minimum atomic E-state index is -0.274. The van der Waals surface area contributed by atoms with Crippen molar-refractivity contribution in [3.05, 3.63) is 47.3 Å². The summed E-state index contributed by atoms with van der Waals surface area (Å²) >= 11 is 0. The molecule has 2 heterocycles. The second kappa shape index (κ2) is 8.28. The van der Waals surface area contributed by atoms with Crippen molar-refractivity contribution < 1.29 is 9.53 Å². The summed E-state index contributed by atoms with van der Waals surface area (Å²) in [5, 5.41) is 10.7. The minimum absolute atomic E-state index is 0. The van der Waals surface area contributed by atoms with Crippen molar-refractivity contribution in [2.75, 3.05) is 19.8 Å². The number of nitrogens with one attached hydrogen (secondary N) is 2. The van der Waals surface area contributed by atoms with Gasteiger partial charge in [-0.05, 0) is 31.5 Å². The van der Waals surface area contributed by atoms with Gasteiger partial charge in [0.2, 0.25) is 5.91 Å². The van der Waals surface area contributed by atoms with Crippen LogP contribution in [-0.4, -0.2) is 41.5 Å². The van der Waals surface area contributed by atoms with E-state index in [1.165, 1.54) is 0 Å². The van der Waals surface area contributed by atoms with Crippen molar-refractivity contribution in [1.82, 2.24) is 20.4 Å². The van der Waals surface area contributed by atoms with E-state index >= 15 is 0 Å². The normalized spacial score (nSPS) is 17.2. The highest BCUT2D eigenvalue weighted by atomic mass is 35.5. The fraction of sp³-hybridized carbons (Fsp3) is 0.412. The third-order valence-electron chi connectivity index (χ3n) is 3.92. The van der Waals surface area contributed by atoms with E-state index in [9.17, 15) is 4.79 Å². The molecule has 0 saturated carbocycles. The number of rotatable bonds is 4. The zero-order valence-corrected chi connectivity index (χ0v) is 14.7. The highest BCUT2D eigenvalue weighted by molar-refractivity contribution is 5.85. The number of aromatic nitrogens is 2. The van der Waals surface area contributed by atoms with Crippen molar-refractivity contribution in [3.63, 3.8) is 0 Å². The summed E-state index contributed by atoms with van der Waals surface area (Å²) < 4.78 is 7.24. The molecule has 1 aromatic heterocycles.